The number of carbonyl (C=O) groups excluding carboxylic acids is 2. The lowest BCUT2D eigenvalue weighted by Gasteiger charge is -2.29. The van der Waals surface area contributed by atoms with Gasteiger partial charge in [0, 0.05) is 22.0 Å². The third-order valence-electron chi connectivity index (χ3n) is 4.27. The van der Waals surface area contributed by atoms with Crippen LogP contribution in [-0.2, 0) is 9.53 Å². The summed E-state index contributed by atoms with van der Waals surface area (Å²) in [6, 6.07) is 13.9. The van der Waals surface area contributed by atoms with Crippen molar-refractivity contribution in [3.05, 3.63) is 64.7 Å². The average molecular weight is 405 g/mol. The van der Waals surface area contributed by atoms with Crippen molar-refractivity contribution in [2.75, 3.05) is 17.7 Å². The first kappa shape index (κ1) is 19.6. The zero-order valence-corrected chi connectivity index (χ0v) is 16.7. The van der Waals surface area contributed by atoms with Crippen LogP contribution in [0.4, 0.5) is 10.5 Å². The molecule has 1 fully saturated rings. The van der Waals surface area contributed by atoms with Gasteiger partial charge in [-0.3, -0.25) is 4.90 Å². The van der Waals surface area contributed by atoms with Gasteiger partial charge in [-0.2, -0.15) is 0 Å². The molecule has 0 aromatic heterocycles. The molecule has 142 valence electrons. The van der Waals surface area contributed by atoms with E-state index in [-0.39, 0.29) is 18.0 Å². The number of nitrogens with one attached hydrogen (secondary N) is 1. The number of amides is 2. The Kier molecular flexibility index (Phi) is 6.29. The fraction of sp³-hybridized carbons (Fsp3) is 0.300. The number of thioether (sulfide) groups is 1. The first-order valence-corrected chi connectivity index (χ1v) is 10.1. The Hall–Kier alpha value is -2.18. The number of hydrogen-bond acceptors (Lipinski definition) is 4. The monoisotopic (exact) mass is 404 g/mol. The lowest BCUT2D eigenvalue weighted by molar-refractivity contribution is -0.147. The number of benzene rings is 2. The Morgan fingerprint density at radius 2 is 1.93 bits per heavy atom. The predicted molar refractivity (Wildman–Crippen MR) is 109 cm³/mol. The van der Waals surface area contributed by atoms with Crippen LogP contribution < -0.4 is 5.32 Å². The number of carbonyl (C=O) groups is 2. The summed E-state index contributed by atoms with van der Waals surface area (Å²) in [5.41, 5.74) is 2.57. The second-order valence-corrected chi connectivity index (χ2v) is 7.70. The van der Waals surface area contributed by atoms with Crippen LogP contribution in [0.1, 0.15) is 23.4 Å². The van der Waals surface area contributed by atoms with Gasteiger partial charge in [0.15, 0.2) is 0 Å². The molecule has 1 saturated heterocycles. The fourth-order valence-corrected chi connectivity index (χ4v) is 4.67. The van der Waals surface area contributed by atoms with E-state index >= 15 is 0 Å². The van der Waals surface area contributed by atoms with Gasteiger partial charge in [0.25, 0.3) is 0 Å². The molecule has 1 N–H and O–H groups in total. The van der Waals surface area contributed by atoms with E-state index < -0.39 is 12.0 Å². The SMILES string of the molecule is CCOC(=O)C1CSC(c2ccccc2Cl)N1C(=O)Nc1ccc(C)cc1. The van der Waals surface area contributed by atoms with E-state index in [9.17, 15) is 9.59 Å². The first-order valence-electron chi connectivity index (χ1n) is 8.70. The molecule has 7 heteroatoms. The van der Waals surface area contributed by atoms with Crippen LogP contribution in [-0.4, -0.2) is 35.3 Å². The minimum absolute atomic E-state index is 0.268. The van der Waals surface area contributed by atoms with Gasteiger partial charge in [-0.1, -0.05) is 47.5 Å². The van der Waals surface area contributed by atoms with Crippen LogP contribution in [0.25, 0.3) is 0 Å². The second-order valence-electron chi connectivity index (χ2n) is 6.18. The molecule has 2 unspecified atom stereocenters. The lowest BCUT2D eigenvalue weighted by atomic mass is 10.2. The largest absolute Gasteiger partial charge is 0.464 e. The van der Waals surface area contributed by atoms with E-state index in [1.165, 1.54) is 16.7 Å². The Bertz CT molecular complexity index is 828. The Morgan fingerprint density at radius 1 is 1.22 bits per heavy atom. The van der Waals surface area contributed by atoms with Crippen LogP contribution in [0, 0.1) is 6.92 Å². The van der Waals surface area contributed by atoms with Crippen molar-refractivity contribution in [3.63, 3.8) is 0 Å². The molecule has 2 aromatic carbocycles. The van der Waals surface area contributed by atoms with Gasteiger partial charge < -0.3 is 10.1 Å². The summed E-state index contributed by atoms with van der Waals surface area (Å²) in [5.74, 6) is 0.0503. The van der Waals surface area contributed by atoms with Gasteiger partial charge in [-0.15, -0.1) is 11.8 Å². The molecule has 2 amide bonds. The Labute approximate surface area is 168 Å². The van der Waals surface area contributed by atoms with Crippen LogP contribution in [0.3, 0.4) is 0 Å². The molecule has 0 spiro atoms. The molecular formula is C20H21ClN2O3S. The number of ether oxygens (including phenoxy) is 1. The van der Waals surface area contributed by atoms with Crippen LogP contribution in [0.15, 0.2) is 48.5 Å². The molecule has 0 bridgehead atoms. The number of anilines is 1. The zero-order chi connectivity index (χ0) is 19.4. The molecule has 1 heterocycles. The zero-order valence-electron chi connectivity index (χ0n) is 15.1. The maximum Gasteiger partial charge on any atom is 0.329 e. The van der Waals surface area contributed by atoms with Crippen LogP contribution in [0.5, 0.6) is 0 Å². The number of hydrogen-bond donors (Lipinski definition) is 1. The highest BCUT2D eigenvalue weighted by Crippen LogP contribution is 2.44. The van der Waals surface area contributed by atoms with Crippen molar-refractivity contribution in [1.29, 1.82) is 0 Å². The topological polar surface area (TPSA) is 58.6 Å². The minimum atomic E-state index is -0.665. The van der Waals surface area contributed by atoms with E-state index in [1.807, 2.05) is 49.4 Å². The smallest absolute Gasteiger partial charge is 0.329 e. The Balaban J connectivity index is 1.89. The highest BCUT2D eigenvalue weighted by atomic mass is 35.5. The van der Waals surface area contributed by atoms with Crippen LogP contribution in [0.2, 0.25) is 5.02 Å². The summed E-state index contributed by atoms with van der Waals surface area (Å²) < 4.78 is 5.18. The lowest BCUT2D eigenvalue weighted by Crippen LogP contribution is -2.45. The summed E-state index contributed by atoms with van der Waals surface area (Å²) in [5, 5.41) is 3.08. The van der Waals surface area contributed by atoms with E-state index in [0.29, 0.717) is 16.5 Å². The molecule has 5 nitrogen and oxygen atoms in total. The molecule has 2 aromatic rings. The van der Waals surface area contributed by atoms with Gasteiger partial charge in [-0.25, -0.2) is 9.59 Å². The number of urea groups is 1. The molecule has 2 atom stereocenters. The first-order chi connectivity index (χ1) is 13.0. The predicted octanol–water partition coefficient (Wildman–Crippen LogP) is 4.86. The highest BCUT2D eigenvalue weighted by Gasteiger charge is 2.43. The molecule has 0 saturated carbocycles. The van der Waals surface area contributed by atoms with Gasteiger partial charge in [-0.05, 0) is 32.0 Å². The van der Waals surface area contributed by atoms with Gasteiger partial charge in [0.2, 0.25) is 0 Å². The maximum absolute atomic E-state index is 13.1. The van der Waals surface area contributed by atoms with Crippen LogP contribution >= 0.6 is 23.4 Å². The van der Waals surface area contributed by atoms with Crippen molar-refractivity contribution in [3.8, 4) is 0 Å². The van der Waals surface area contributed by atoms with Gasteiger partial charge >= 0.3 is 12.0 Å². The highest BCUT2D eigenvalue weighted by molar-refractivity contribution is 7.99. The average Bonchev–Trinajstić information content (AvgIpc) is 3.09. The summed E-state index contributed by atoms with van der Waals surface area (Å²) in [6.45, 7) is 4.00. The summed E-state index contributed by atoms with van der Waals surface area (Å²) in [7, 11) is 0. The number of halogens is 1. The normalized spacial score (nSPS) is 19.0. The van der Waals surface area contributed by atoms with E-state index in [2.05, 4.69) is 5.32 Å². The van der Waals surface area contributed by atoms with E-state index in [4.69, 9.17) is 16.3 Å². The van der Waals surface area contributed by atoms with E-state index in [1.54, 1.807) is 13.0 Å². The van der Waals surface area contributed by atoms with Crippen molar-refractivity contribution in [2.24, 2.45) is 0 Å². The molecular weight excluding hydrogens is 384 g/mol. The van der Waals surface area contributed by atoms with Crippen molar-refractivity contribution >= 4 is 41.1 Å². The Morgan fingerprint density at radius 3 is 2.59 bits per heavy atom. The minimum Gasteiger partial charge on any atom is -0.464 e. The fourth-order valence-electron chi connectivity index (χ4n) is 2.91. The third kappa shape index (κ3) is 4.39. The quantitative estimate of drug-likeness (QED) is 0.739. The molecule has 27 heavy (non-hydrogen) atoms. The summed E-state index contributed by atoms with van der Waals surface area (Å²) in [6.07, 6.45) is 0. The standard InChI is InChI=1S/C20H21ClN2O3S/c1-3-26-19(24)17-12-27-18(15-6-4-5-7-16(15)21)23(17)20(25)22-14-10-8-13(2)9-11-14/h4-11,17-18H,3,12H2,1-2H3,(H,22,25). The maximum atomic E-state index is 13.1. The van der Waals surface area contributed by atoms with Gasteiger partial charge in [0.1, 0.15) is 11.4 Å². The molecule has 0 aliphatic carbocycles. The third-order valence-corrected chi connectivity index (χ3v) is 5.92. The van der Waals surface area contributed by atoms with Crippen molar-refractivity contribution < 1.29 is 14.3 Å². The van der Waals surface area contributed by atoms with Crippen molar-refractivity contribution in [1.82, 2.24) is 4.90 Å². The number of aryl methyl sites for hydroxylation is 1. The summed E-state index contributed by atoms with van der Waals surface area (Å²) >= 11 is 7.85. The van der Waals surface area contributed by atoms with Gasteiger partial charge in [0.05, 0.1) is 6.61 Å². The molecule has 0 radical (unpaired) electrons. The van der Waals surface area contributed by atoms with E-state index in [0.717, 1.165) is 11.1 Å². The molecule has 1 aliphatic rings. The molecule has 3 rings (SSSR count). The molecule has 1 aliphatic heterocycles. The summed E-state index contributed by atoms with van der Waals surface area (Å²) in [4.78, 5) is 27.0. The second kappa shape index (κ2) is 8.67. The number of rotatable bonds is 4. The number of esters is 1. The number of nitrogens with zero attached hydrogens (tertiary/aromatic N) is 1. The van der Waals surface area contributed by atoms with Crippen molar-refractivity contribution in [2.45, 2.75) is 25.3 Å².